The third-order valence-electron chi connectivity index (χ3n) is 2.15. The Hall–Kier alpha value is -1.33. The molecule has 17 heavy (non-hydrogen) atoms. The Labute approximate surface area is 111 Å². The summed E-state index contributed by atoms with van der Waals surface area (Å²) < 4.78 is 5.63. The lowest BCUT2D eigenvalue weighted by Crippen LogP contribution is -2.12. The van der Waals surface area contributed by atoms with Crippen LogP contribution in [0.25, 0.3) is 0 Å². The van der Waals surface area contributed by atoms with Crippen molar-refractivity contribution in [2.75, 3.05) is 5.32 Å². The predicted molar refractivity (Wildman–Crippen MR) is 68.3 cm³/mol. The number of aromatic nitrogens is 1. The van der Waals surface area contributed by atoms with E-state index in [9.17, 15) is 4.79 Å². The highest BCUT2D eigenvalue weighted by molar-refractivity contribution is 9.10. The highest BCUT2D eigenvalue weighted by Crippen LogP contribution is 2.30. The average Bonchev–Trinajstić information content (AvgIpc) is 2.71. The molecular weight excluding hydrogens is 307 g/mol. The fraction of sp³-hybridized carbons (Fsp3) is 0.0909. The fourth-order valence-corrected chi connectivity index (χ4v) is 1.84. The number of oxazole rings is 1. The Balaban J connectivity index is 2.25. The van der Waals surface area contributed by atoms with Crippen LogP contribution in [-0.2, 0) is 0 Å². The third kappa shape index (κ3) is 2.50. The SMILES string of the molecule is Cc1ncoc1C(=O)Nc1cccc(Cl)c1Br. The Morgan fingerprint density at radius 2 is 2.29 bits per heavy atom. The molecule has 88 valence electrons. The van der Waals surface area contributed by atoms with Gasteiger partial charge in [0.2, 0.25) is 5.76 Å². The molecule has 1 aromatic carbocycles. The van der Waals surface area contributed by atoms with Gasteiger partial charge in [-0.2, -0.15) is 0 Å². The van der Waals surface area contributed by atoms with Gasteiger partial charge in [-0.15, -0.1) is 0 Å². The average molecular weight is 316 g/mol. The second-order valence-electron chi connectivity index (χ2n) is 3.32. The van der Waals surface area contributed by atoms with Crippen LogP contribution < -0.4 is 5.32 Å². The molecule has 4 nitrogen and oxygen atoms in total. The van der Waals surface area contributed by atoms with E-state index in [4.69, 9.17) is 16.0 Å². The lowest BCUT2D eigenvalue weighted by atomic mass is 10.3. The van der Waals surface area contributed by atoms with Crippen molar-refractivity contribution in [3.63, 3.8) is 0 Å². The van der Waals surface area contributed by atoms with Crippen molar-refractivity contribution in [3.8, 4) is 0 Å². The summed E-state index contributed by atoms with van der Waals surface area (Å²) in [5.41, 5.74) is 1.12. The van der Waals surface area contributed by atoms with E-state index in [1.807, 2.05) is 0 Å². The summed E-state index contributed by atoms with van der Waals surface area (Å²) in [6.07, 6.45) is 1.23. The van der Waals surface area contributed by atoms with Crippen molar-refractivity contribution in [1.29, 1.82) is 0 Å². The number of aryl methyl sites for hydroxylation is 1. The minimum Gasteiger partial charge on any atom is -0.438 e. The molecule has 0 saturated heterocycles. The molecule has 0 aliphatic rings. The molecule has 1 aromatic heterocycles. The number of rotatable bonds is 2. The zero-order valence-corrected chi connectivity index (χ0v) is 11.2. The summed E-state index contributed by atoms with van der Waals surface area (Å²) in [7, 11) is 0. The highest BCUT2D eigenvalue weighted by atomic mass is 79.9. The maximum atomic E-state index is 11.9. The van der Waals surface area contributed by atoms with E-state index in [1.165, 1.54) is 6.39 Å². The Bertz CT molecular complexity index is 568. The third-order valence-corrected chi connectivity index (χ3v) is 3.55. The largest absolute Gasteiger partial charge is 0.438 e. The monoisotopic (exact) mass is 314 g/mol. The van der Waals surface area contributed by atoms with Gasteiger partial charge in [0, 0.05) is 0 Å². The van der Waals surface area contributed by atoms with Crippen LogP contribution in [0, 0.1) is 6.92 Å². The standard InChI is InChI=1S/C11H8BrClN2O2/c1-6-10(17-5-14-6)11(16)15-8-4-2-3-7(13)9(8)12/h2-5H,1H3,(H,15,16). The maximum absolute atomic E-state index is 11.9. The van der Waals surface area contributed by atoms with Gasteiger partial charge in [0.15, 0.2) is 6.39 Å². The lowest BCUT2D eigenvalue weighted by Gasteiger charge is -2.06. The molecule has 1 amide bonds. The number of carbonyl (C=O) groups excluding carboxylic acids is 1. The zero-order chi connectivity index (χ0) is 12.4. The van der Waals surface area contributed by atoms with E-state index in [0.29, 0.717) is 20.9 Å². The first-order valence-corrected chi connectivity index (χ1v) is 5.92. The van der Waals surface area contributed by atoms with E-state index in [-0.39, 0.29) is 11.7 Å². The number of nitrogens with zero attached hydrogens (tertiary/aromatic N) is 1. The molecule has 1 N–H and O–H groups in total. The van der Waals surface area contributed by atoms with Crippen molar-refractivity contribution in [2.45, 2.75) is 6.92 Å². The van der Waals surface area contributed by atoms with Crippen LogP contribution in [0.4, 0.5) is 5.69 Å². The molecular formula is C11H8BrClN2O2. The van der Waals surface area contributed by atoms with Crippen LogP contribution in [-0.4, -0.2) is 10.9 Å². The maximum Gasteiger partial charge on any atom is 0.293 e. The quantitative estimate of drug-likeness (QED) is 0.920. The van der Waals surface area contributed by atoms with Crippen molar-refractivity contribution in [2.24, 2.45) is 0 Å². The first-order chi connectivity index (χ1) is 8.09. The van der Waals surface area contributed by atoms with Gasteiger partial charge < -0.3 is 9.73 Å². The van der Waals surface area contributed by atoms with Gasteiger partial charge >= 0.3 is 0 Å². The zero-order valence-electron chi connectivity index (χ0n) is 8.83. The van der Waals surface area contributed by atoms with Crippen molar-refractivity contribution >= 4 is 39.1 Å². The smallest absolute Gasteiger partial charge is 0.293 e. The van der Waals surface area contributed by atoms with Crippen molar-refractivity contribution < 1.29 is 9.21 Å². The van der Waals surface area contributed by atoms with Gasteiger partial charge in [-0.1, -0.05) is 17.7 Å². The van der Waals surface area contributed by atoms with Crippen LogP contribution >= 0.6 is 27.5 Å². The number of benzene rings is 1. The Morgan fingerprint density at radius 1 is 1.53 bits per heavy atom. The molecule has 0 unspecified atom stereocenters. The molecule has 2 aromatic rings. The molecule has 0 atom stereocenters. The van der Waals surface area contributed by atoms with E-state index in [2.05, 4.69) is 26.2 Å². The number of hydrogen-bond donors (Lipinski definition) is 1. The minimum atomic E-state index is -0.358. The number of halogens is 2. The normalized spacial score (nSPS) is 10.3. The summed E-state index contributed by atoms with van der Waals surface area (Å²) in [4.78, 5) is 15.7. The number of hydrogen-bond acceptors (Lipinski definition) is 3. The molecule has 0 spiro atoms. The van der Waals surface area contributed by atoms with Crippen LogP contribution in [0.2, 0.25) is 5.02 Å². The van der Waals surface area contributed by atoms with Gasteiger partial charge in [-0.3, -0.25) is 4.79 Å². The van der Waals surface area contributed by atoms with Crippen molar-refractivity contribution in [1.82, 2.24) is 4.98 Å². The van der Waals surface area contributed by atoms with Crippen LogP contribution in [0.15, 0.2) is 33.5 Å². The second kappa shape index (κ2) is 4.89. The predicted octanol–water partition coefficient (Wildman–Crippen LogP) is 3.65. The molecule has 0 bridgehead atoms. The van der Waals surface area contributed by atoms with Crippen LogP contribution in [0.1, 0.15) is 16.2 Å². The summed E-state index contributed by atoms with van der Waals surface area (Å²) in [6, 6.07) is 5.20. The van der Waals surface area contributed by atoms with E-state index in [0.717, 1.165) is 0 Å². The summed E-state index contributed by atoms with van der Waals surface area (Å²) >= 11 is 9.22. The first kappa shape index (κ1) is 12.1. The molecule has 2 rings (SSSR count). The second-order valence-corrected chi connectivity index (χ2v) is 4.52. The molecule has 0 aliphatic heterocycles. The summed E-state index contributed by atoms with van der Waals surface area (Å²) in [5.74, 6) is -0.167. The minimum absolute atomic E-state index is 0.192. The molecule has 0 aliphatic carbocycles. The summed E-state index contributed by atoms with van der Waals surface area (Å²) in [5, 5.41) is 3.22. The molecule has 0 saturated carbocycles. The Morgan fingerprint density at radius 3 is 2.94 bits per heavy atom. The van der Waals surface area contributed by atoms with Crippen LogP contribution in [0.5, 0.6) is 0 Å². The van der Waals surface area contributed by atoms with Crippen molar-refractivity contribution in [3.05, 3.63) is 45.5 Å². The van der Waals surface area contributed by atoms with Gasteiger partial charge in [0.1, 0.15) is 0 Å². The summed E-state index contributed by atoms with van der Waals surface area (Å²) in [6.45, 7) is 1.70. The molecule has 6 heteroatoms. The molecule has 1 heterocycles. The number of carbonyl (C=O) groups is 1. The highest BCUT2D eigenvalue weighted by Gasteiger charge is 2.15. The van der Waals surface area contributed by atoms with E-state index < -0.39 is 0 Å². The van der Waals surface area contributed by atoms with Gasteiger partial charge in [-0.05, 0) is 35.0 Å². The lowest BCUT2D eigenvalue weighted by molar-refractivity contribution is 0.0996. The van der Waals surface area contributed by atoms with Gasteiger partial charge in [0.05, 0.1) is 20.9 Å². The van der Waals surface area contributed by atoms with Gasteiger partial charge in [-0.25, -0.2) is 4.98 Å². The number of amides is 1. The molecule has 0 fully saturated rings. The topological polar surface area (TPSA) is 55.1 Å². The van der Waals surface area contributed by atoms with E-state index in [1.54, 1.807) is 25.1 Å². The fourth-order valence-electron chi connectivity index (χ4n) is 1.30. The number of anilines is 1. The van der Waals surface area contributed by atoms with Gasteiger partial charge in [0.25, 0.3) is 5.91 Å². The Kier molecular flexibility index (Phi) is 3.49. The van der Waals surface area contributed by atoms with Crippen LogP contribution in [0.3, 0.4) is 0 Å². The number of nitrogens with one attached hydrogen (secondary N) is 1. The molecule has 0 radical (unpaired) electrons. The first-order valence-electron chi connectivity index (χ1n) is 4.75. The van der Waals surface area contributed by atoms with E-state index >= 15 is 0 Å².